The third-order valence-corrected chi connectivity index (χ3v) is 2.12. The zero-order valence-corrected chi connectivity index (χ0v) is 7.82. The molecule has 0 aliphatic carbocycles. The molecule has 66 valence electrons. The van der Waals surface area contributed by atoms with Gasteiger partial charge in [0.2, 0.25) is 0 Å². The largest absolute Gasteiger partial charge is 1.00 e. The Morgan fingerprint density at radius 2 is 2.08 bits per heavy atom. The molecular formula is C8H11LiN2O2. The van der Waals surface area contributed by atoms with Crippen LogP contribution in [-0.4, -0.2) is 30.5 Å². The van der Waals surface area contributed by atoms with E-state index >= 15 is 0 Å². The van der Waals surface area contributed by atoms with E-state index in [2.05, 4.69) is 6.07 Å². The normalized spacial score (nSPS) is 18.7. The fourth-order valence-corrected chi connectivity index (χ4v) is 1.40. The zero-order valence-electron chi connectivity index (χ0n) is 7.82. The van der Waals surface area contributed by atoms with Crippen molar-refractivity contribution in [2.45, 2.75) is 12.8 Å². The Kier molecular flexibility index (Phi) is 5.82. The van der Waals surface area contributed by atoms with Gasteiger partial charge in [-0.25, -0.2) is 0 Å². The van der Waals surface area contributed by atoms with Crippen molar-refractivity contribution in [1.29, 1.82) is 5.26 Å². The summed E-state index contributed by atoms with van der Waals surface area (Å²) in [5.41, 5.74) is 0. The van der Waals surface area contributed by atoms with Gasteiger partial charge in [0.05, 0.1) is 12.0 Å². The first-order valence-electron chi connectivity index (χ1n) is 4.04. The van der Waals surface area contributed by atoms with Crippen LogP contribution < -0.4 is 24.0 Å². The van der Waals surface area contributed by atoms with E-state index < -0.39 is 5.97 Å². The molecule has 0 amide bonds. The maximum Gasteiger partial charge on any atom is 1.00 e. The van der Waals surface area contributed by atoms with Crippen LogP contribution in [0.3, 0.4) is 0 Å². The number of carboxylic acid groups (broad SMARTS) is 1. The van der Waals surface area contributed by atoms with Crippen LogP contribution >= 0.6 is 0 Å². The smallest absolute Gasteiger partial charge is 0.549 e. The van der Waals surface area contributed by atoms with Crippen molar-refractivity contribution in [3.63, 3.8) is 0 Å². The Morgan fingerprint density at radius 1 is 1.54 bits per heavy atom. The van der Waals surface area contributed by atoms with Gasteiger partial charge in [0.15, 0.2) is 0 Å². The van der Waals surface area contributed by atoms with Gasteiger partial charge in [0.1, 0.15) is 0 Å². The molecule has 1 aliphatic rings. The molecule has 0 aromatic rings. The number of hydrogen-bond donors (Lipinski definition) is 0. The number of hydrogen-bond acceptors (Lipinski definition) is 4. The average Bonchev–Trinajstić information content (AvgIpc) is 2.05. The van der Waals surface area contributed by atoms with Crippen molar-refractivity contribution in [2.75, 3.05) is 19.6 Å². The number of nitrogens with zero attached hydrogens (tertiary/aromatic N) is 2. The van der Waals surface area contributed by atoms with E-state index in [9.17, 15) is 9.90 Å². The van der Waals surface area contributed by atoms with Gasteiger partial charge in [-0.2, -0.15) is 5.26 Å². The first-order valence-corrected chi connectivity index (χ1v) is 4.04. The van der Waals surface area contributed by atoms with Crippen LogP contribution in [0.1, 0.15) is 12.8 Å². The quantitative estimate of drug-likeness (QED) is 0.400. The van der Waals surface area contributed by atoms with E-state index in [4.69, 9.17) is 5.26 Å². The summed E-state index contributed by atoms with van der Waals surface area (Å²) in [5, 5.41) is 18.8. The summed E-state index contributed by atoms with van der Waals surface area (Å²) in [4.78, 5) is 12.0. The second-order valence-electron chi connectivity index (χ2n) is 3.05. The Bertz CT molecular complexity index is 207. The molecule has 5 heteroatoms. The maximum absolute atomic E-state index is 10.2. The number of aliphatic carboxylic acids is 1. The fraction of sp³-hybridized carbons (Fsp3) is 0.750. The molecule has 0 bridgehead atoms. The number of rotatable bonds is 2. The molecule has 0 unspecified atom stereocenters. The van der Waals surface area contributed by atoms with E-state index in [0.29, 0.717) is 13.1 Å². The molecule has 4 nitrogen and oxygen atoms in total. The van der Waals surface area contributed by atoms with Crippen LogP contribution in [0.4, 0.5) is 0 Å². The number of carbonyl (C=O) groups excluding carboxylic acids is 1. The summed E-state index contributed by atoms with van der Waals surface area (Å²) in [6.07, 6.45) is 1.56. The van der Waals surface area contributed by atoms with Gasteiger partial charge in [0.25, 0.3) is 0 Å². The summed E-state index contributed by atoms with van der Waals surface area (Å²) >= 11 is 0. The molecule has 1 aliphatic heterocycles. The maximum atomic E-state index is 10.2. The van der Waals surface area contributed by atoms with Crippen molar-refractivity contribution in [3.8, 4) is 6.07 Å². The van der Waals surface area contributed by atoms with Crippen molar-refractivity contribution in [2.24, 2.45) is 5.92 Å². The van der Waals surface area contributed by atoms with Crippen molar-refractivity contribution >= 4 is 5.97 Å². The molecule has 0 saturated carbocycles. The second-order valence-corrected chi connectivity index (χ2v) is 3.05. The number of carboxylic acids is 1. The molecule has 0 aromatic heterocycles. The van der Waals surface area contributed by atoms with E-state index in [-0.39, 0.29) is 31.3 Å². The Labute approximate surface area is 89.7 Å². The van der Waals surface area contributed by atoms with Crippen LogP contribution in [0.15, 0.2) is 0 Å². The van der Waals surface area contributed by atoms with Gasteiger partial charge in [-0.1, -0.05) is 0 Å². The molecule has 0 N–H and O–H groups in total. The predicted octanol–water partition coefficient (Wildman–Crippen LogP) is -4.02. The molecule has 1 saturated heterocycles. The van der Waals surface area contributed by atoms with E-state index in [0.717, 1.165) is 12.8 Å². The molecule has 0 aromatic carbocycles. The van der Waals surface area contributed by atoms with Gasteiger partial charge < -0.3 is 9.90 Å². The second kappa shape index (κ2) is 6.04. The predicted molar refractivity (Wildman–Crippen MR) is 39.8 cm³/mol. The number of likely N-dealkylation sites (tertiary alicyclic amines) is 1. The Morgan fingerprint density at radius 3 is 2.46 bits per heavy atom. The van der Waals surface area contributed by atoms with Gasteiger partial charge in [-0.05, 0) is 25.9 Å². The van der Waals surface area contributed by atoms with Crippen LogP contribution in [-0.2, 0) is 4.79 Å². The van der Waals surface area contributed by atoms with Gasteiger partial charge in [0, 0.05) is 12.5 Å². The van der Waals surface area contributed by atoms with Crippen LogP contribution in [0.5, 0.6) is 0 Å². The van der Waals surface area contributed by atoms with Gasteiger partial charge in [-0.3, -0.25) is 4.90 Å². The standard InChI is InChI=1S/C8H12N2O2.Li/c9-5-7-1-3-10(4-2-7)6-8(11)12;/h7H,1-4,6H2,(H,11,12);/q;+1/p-1. The minimum Gasteiger partial charge on any atom is -0.549 e. The molecule has 0 radical (unpaired) electrons. The van der Waals surface area contributed by atoms with E-state index in [1.165, 1.54) is 0 Å². The summed E-state index contributed by atoms with van der Waals surface area (Å²) in [7, 11) is 0. The molecular weight excluding hydrogens is 163 g/mol. The molecule has 0 atom stereocenters. The summed E-state index contributed by atoms with van der Waals surface area (Å²) in [5.74, 6) is -0.923. The third kappa shape index (κ3) is 4.33. The molecule has 1 fully saturated rings. The summed E-state index contributed by atoms with van der Waals surface area (Å²) in [6.45, 7) is 1.40. The van der Waals surface area contributed by atoms with E-state index in [1.54, 1.807) is 0 Å². The molecule has 1 rings (SSSR count). The minimum absolute atomic E-state index is 0. The SMILES string of the molecule is N#CC1CCN(CC(=O)[O-])CC1.[Li+]. The number of carbonyl (C=O) groups is 1. The molecule has 13 heavy (non-hydrogen) atoms. The third-order valence-electron chi connectivity index (χ3n) is 2.12. The fourth-order valence-electron chi connectivity index (χ4n) is 1.40. The minimum atomic E-state index is -1.04. The monoisotopic (exact) mass is 174 g/mol. The van der Waals surface area contributed by atoms with Crippen molar-refractivity contribution in [3.05, 3.63) is 0 Å². The topological polar surface area (TPSA) is 67.2 Å². The molecule has 1 heterocycles. The van der Waals surface area contributed by atoms with Gasteiger partial charge in [-0.15, -0.1) is 0 Å². The van der Waals surface area contributed by atoms with Gasteiger partial charge >= 0.3 is 18.9 Å². The van der Waals surface area contributed by atoms with Crippen LogP contribution in [0.25, 0.3) is 0 Å². The zero-order chi connectivity index (χ0) is 8.97. The summed E-state index contributed by atoms with van der Waals surface area (Å²) in [6, 6.07) is 2.19. The number of piperidine rings is 1. The van der Waals surface area contributed by atoms with E-state index in [1.807, 2.05) is 4.90 Å². The first kappa shape index (κ1) is 12.5. The first-order chi connectivity index (χ1) is 5.72. The van der Waals surface area contributed by atoms with Crippen molar-refractivity contribution < 1.29 is 28.8 Å². The molecule has 0 spiro atoms. The summed E-state index contributed by atoms with van der Waals surface area (Å²) < 4.78 is 0. The van der Waals surface area contributed by atoms with Crippen molar-refractivity contribution in [1.82, 2.24) is 4.90 Å². The Hall–Kier alpha value is -0.483. The Balaban J connectivity index is 0.00000144. The average molecular weight is 174 g/mol. The van der Waals surface area contributed by atoms with Crippen LogP contribution in [0, 0.1) is 17.2 Å². The number of nitriles is 1. The van der Waals surface area contributed by atoms with Crippen LogP contribution in [0.2, 0.25) is 0 Å².